The second kappa shape index (κ2) is 9.42. The maximum Gasteiger partial charge on any atom is 0.341 e. The first kappa shape index (κ1) is 20.0. The van der Waals surface area contributed by atoms with Crippen molar-refractivity contribution in [3.8, 4) is 0 Å². The molecular weight excluding hydrogens is 378 g/mol. The Morgan fingerprint density at radius 3 is 2.70 bits per heavy atom. The molecule has 0 fully saturated rings. The zero-order chi connectivity index (χ0) is 19.2. The van der Waals surface area contributed by atoms with Crippen LogP contribution in [0.5, 0.6) is 0 Å². The molecule has 0 unspecified atom stereocenters. The third-order valence-electron chi connectivity index (χ3n) is 4.60. The number of anilines is 1. The van der Waals surface area contributed by atoms with Crippen LogP contribution in [0.4, 0.5) is 5.00 Å². The molecule has 0 saturated carbocycles. The number of rotatable bonds is 7. The molecule has 4 nitrogen and oxygen atoms in total. The fourth-order valence-corrected chi connectivity index (χ4v) is 5.28. The van der Waals surface area contributed by atoms with Gasteiger partial charge in [0, 0.05) is 10.6 Å². The SMILES string of the molecule is CCOC(=O)c1c(NC(=O)[C@@H](C)SCc2ccccc2)sc2c1CCCC2. The summed E-state index contributed by atoms with van der Waals surface area (Å²) in [7, 11) is 0. The average molecular weight is 404 g/mol. The van der Waals surface area contributed by atoms with E-state index in [1.165, 1.54) is 21.8 Å². The van der Waals surface area contributed by atoms with Gasteiger partial charge in [-0.25, -0.2) is 4.79 Å². The van der Waals surface area contributed by atoms with Crippen molar-refractivity contribution in [1.29, 1.82) is 0 Å². The van der Waals surface area contributed by atoms with Crippen LogP contribution in [0.2, 0.25) is 0 Å². The number of aryl methyl sites for hydroxylation is 1. The van der Waals surface area contributed by atoms with Crippen molar-refractivity contribution < 1.29 is 14.3 Å². The summed E-state index contributed by atoms with van der Waals surface area (Å²) in [6.07, 6.45) is 4.06. The quantitative estimate of drug-likeness (QED) is 0.656. The van der Waals surface area contributed by atoms with E-state index in [1.807, 2.05) is 25.1 Å². The monoisotopic (exact) mass is 403 g/mol. The number of hydrogen-bond acceptors (Lipinski definition) is 5. The number of thiophene rings is 1. The van der Waals surface area contributed by atoms with Gasteiger partial charge in [0.1, 0.15) is 5.00 Å². The molecule has 0 saturated heterocycles. The molecule has 1 amide bonds. The van der Waals surface area contributed by atoms with Gasteiger partial charge in [-0.15, -0.1) is 23.1 Å². The van der Waals surface area contributed by atoms with Crippen LogP contribution in [-0.4, -0.2) is 23.7 Å². The number of hydrogen-bond donors (Lipinski definition) is 1. The molecule has 1 heterocycles. The number of thioether (sulfide) groups is 1. The molecule has 1 aromatic carbocycles. The molecule has 0 radical (unpaired) electrons. The van der Waals surface area contributed by atoms with Crippen molar-refractivity contribution >= 4 is 40.0 Å². The number of nitrogens with one attached hydrogen (secondary N) is 1. The lowest BCUT2D eigenvalue weighted by atomic mass is 9.95. The molecule has 1 aromatic heterocycles. The predicted octanol–water partition coefficient (Wildman–Crippen LogP) is 5.06. The highest BCUT2D eigenvalue weighted by Crippen LogP contribution is 2.39. The summed E-state index contributed by atoms with van der Waals surface area (Å²) >= 11 is 3.13. The van der Waals surface area contributed by atoms with E-state index in [0.29, 0.717) is 17.2 Å². The zero-order valence-electron chi connectivity index (χ0n) is 15.7. The first-order valence-corrected chi connectivity index (χ1v) is 11.2. The second-order valence-electron chi connectivity index (χ2n) is 6.56. The van der Waals surface area contributed by atoms with Gasteiger partial charge in [-0.05, 0) is 50.7 Å². The highest BCUT2D eigenvalue weighted by molar-refractivity contribution is 7.99. The first-order valence-electron chi connectivity index (χ1n) is 9.38. The van der Waals surface area contributed by atoms with Crippen LogP contribution in [0.25, 0.3) is 0 Å². The Morgan fingerprint density at radius 1 is 1.22 bits per heavy atom. The van der Waals surface area contributed by atoms with Gasteiger partial charge in [0.2, 0.25) is 5.91 Å². The summed E-state index contributed by atoms with van der Waals surface area (Å²) in [5, 5.41) is 3.44. The van der Waals surface area contributed by atoms with Crippen LogP contribution in [-0.2, 0) is 28.1 Å². The molecule has 1 atom stereocenters. The molecule has 1 aliphatic carbocycles. The Balaban J connectivity index is 1.71. The van der Waals surface area contributed by atoms with Crippen LogP contribution in [0.15, 0.2) is 30.3 Å². The van der Waals surface area contributed by atoms with Crippen molar-refractivity contribution in [3.05, 3.63) is 51.9 Å². The number of esters is 1. The van der Waals surface area contributed by atoms with Crippen molar-refractivity contribution in [2.45, 2.75) is 50.5 Å². The van der Waals surface area contributed by atoms with E-state index >= 15 is 0 Å². The molecule has 0 bridgehead atoms. The minimum Gasteiger partial charge on any atom is -0.462 e. The van der Waals surface area contributed by atoms with Gasteiger partial charge < -0.3 is 10.1 Å². The molecular formula is C21H25NO3S2. The van der Waals surface area contributed by atoms with Gasteiger partial charge in [0.05, 0.1) is 17.4 Å². The van der Waals surface area contributed by atoms with E-state index in [2.05, 4.69) is 17.4 Å². The average Bonchev–Trinajstić information content (AvgIpc) is 3.04. The van der Waals surface area contributed by atoms with E-state index in [1.54, 1.807) is 18.7 Å². The fraction of sp³-hybridized carbons (Fsp3) is 0.429. The Hall–Kier alpha value is -1.79. The predicted molar refractivity (Wildman–Crippen MR) is 113 cm³/mol. The number of fused-ring (bicyclic) bond motifs is 1. The Kier molecular flexibility index (Phi) is 6.96. The molecule has 1 N–H and O–H groups in total. The second-order valence-corrected chi connectivity index (χ2v) is 9.00. The molecule has 2 aromatic rings. The Labute approximate surface area is 168 Å². The smallest absolute Gasteiger partial charge is 0.341 e. The van der Waals surface area contributed by atoms with E-state index in [0.717, 1.165) is 37.0 Å². The summed E-state index contributed by atoms with van der Waals surface area (Å²) in [5.41, 5.74) is 2.84. The van der Waals surface area contributed by atoms with Crippen LogP contribution >= 0.6 is 23.1 Å². The normalized spacial score (nSPS) is 14.3. The Morgan fingerprint density at radius 2 is 1.96 bits per heavy atom. The van der Waals surface area contributed by atoms with Crippen LogP contribution in [0.1, 0.15) is 53.1 Å². The summed E-state index contributed by atoms with van der Waals surface area (Å²) in [6.45, 7) is 4.04. The van der Waals surface area contributed by atoms with Crippen LogP contribution < -0.4 is 5.32 Å². The number of amides is 1. The lowest BCUT2D eigenvalue weighted by molar-refractivity contribution is -0.115. The Bertz CT molecular complexity index is 801. The van der Waals surface area contributed by atoms with Crippen molar-refractivity contribution in [3.63, 3.8) is 0 Å². The van der Waals surface area contributed by atoms with Crippen molar-refractivity contribution in [2.75, 3.05) is 11.9 Å². The molecule has 0 aliphatic heterocycles. The molecule has 6 heteroatoms. The van der Waals surface area contributed by atoms with Gasteiger partial charge in [0.15, 0.2) is 0 Å². The summed E-state index contributed by atoms with van der Waals surface area (Å²) in [5.74, 6) is 0.387. The fourth-order valence-electron chi connectivity index (χ4n) is 3.16. The molecule has 144 valence electrons. The van der Waals surface area contributed by atoms with Crippen LogP contribution in [0, 0.1) is 0 Å². The minimum atomic E-state index is -0.322. The molecule has 1 aliphatic rings. The minimum absolute atomic E-state index is 0.0694. The third-order valence-corrected chi connectivity index (χ3v) is 7.02. The zero-order valence-corrected chi connectivity index (χ0v) is 17.4. The molecule has 3 rings (SSSR count). The van der Waals surface area contributed by atoms with Gasteiger partial charge in [-0.2, -0.15) is 0 Å². The largest absolute Gasteiger partial charge is 0.462 e. The lowest BCUT2D eigenvalue weighted by Gasteiger charge is -2.13. The highest BCUT2D eigenvalue weighted by Gasteiger charge is 2.28. The lowest BCUT2D eigenvalue weighted by Crippen LogP contribution is -2.23. The van der Waals surface area contributed by atoms with Crippen LogP contribution in [0.3, 0.4) is 0 Å². The highest BCUT2D eigenvalue weighted by atomic mass is 32.2. The molecule has 27 heavy (non-hydrogen) atoms. The van der Waals surface area contributed by atoms with Crippen molar-refractivity contribution in [1.82, 2.24) is 0 Å². The summed E-state index contributed by atoms with van der Waals surface area (Å²) < 4.78 is 5.25. The summed E-state index contributed by atoms with van der Waals surface area (Å²) in [4.78, 5) is 26.4. The standard InChI is InChI=1S/C21H25NO3S2/c1-3-25-21(24)18-16-11-7-8-12-17(16)27-20(18)22-19(23)14(2)26-13-15-9-5-4-6-10-15/h4-6,9-10,14H,3,7-8,11-13H2,1-2H3,(H,22,23)/t14-/m1/s1. The number of ether oxygens (including phenoxy) is 1. The number of benzene rings is 1. The van der Waals surface area contributed by atoms with E-state index in [9.17, 15) is 9.59 Å². The van der Waals surface area contributed by atoms with E-state index in [-0.39, 0.29) is 17.1 Å². The number of carbonyl (C=O) groups is 2. The maximum atomic E-state index is 12.7. The van der Waals surface area contributed by atoms with Crippen molar-refractivity contribution in [2.24, 2.45) is 0 Å². The van der Waals surface area contributed by atoms with Gasteiger partial charge >= 0.3 is 5.97 Å². The summed E-state index contributed by atoms with van der Waals surface area (Å²) in [6, 6.07) is 10.1. The first-order chi connectivity index (χ1) is 13.1. The topological polar surface area (TPSA) is 55.4 Å². The third kappa shape index (κ3) is 4.93. The van der Waals surface area contributed by atoms with E-state index in [4.69, 9.17) is 4.74 Å². The van der Waals surface area contributed by atoms with Gasteiger partial charge in [0.25, 0.3) is 0 Å². The van der Waals surface area contributed by atoms with Gasteiger partial charge in [-0.3, -0.25) is 4.79 Å². The maximum absolute atomic E-state index is 12.7. The van der Waals surface area contributed by atoms with E-state index < -0.39 is 0 Å². The van der Waals surface area contributed by atoms with Gasteiger partial charge in [-0.1, -0.05) is 30.3 Å². The molecule has 0 spiro atoms. The number of carbonyl (C=O) groups excluding carboxylic acids is 2.